The van der Waals surface area contributed by atoms with Gasteiger partial charge in [-0.3, -0.25) is 14.9 Å². The van der Waals surface area contributed by atoms with E-state index in [9.17, 15) is 9.59 Å². The molecular formula is C26H21BrN4O2S. The molecule has 1 aliphatic carbocycles. The number of fused-ring (bicyclic) bond motifs is 2. The maximum atomic E-state index is 13.7. The number of anilines is 1. The fourth-order valence-electron chi connectivity index (χ4n) is 5.04. The van der Waals surface area contributed by atoms with Crippen molar-refractivity contribution < 1.29 is 9.59 Å². The van der Waals surface area contributed by atoms with Crippen molar-refractivity contribution in [2.24, 2.45) is 0 Å². The fourth-order valence-corrected chi connectivity index (χ4v) is 6.46. The summed E-state index contributed by atoms with van der Waals surface area (Å²) in [5.41, 5.74) is 5.72. The molecule has 1 amide bonds. The van der Waals surface area contributed by atoms with Gasteiger partial charge in [0, 0.05) is 56.5 Å². The van der Waals surface area contributed by atoms with Crippen LogP contribution in [0.4, 0.5) is 5.13 Å². The highest BCUT2D eigenvalue weighted by atomic mass is 79.9. The standard InChI is InChI=1S/C26H21BrN4O2S/c1-13-22(25(33)31-26-30-18-10-9-14(27)11-21(18)34-26)23(24-19(29-13)7-4-8-20(24)32)16-12-28-17-6-3-2-5-15(16)17/h2-3,5-6,9-12,23,28-29H,4,7-8H2,1H3,(H,30,31,33). The number of amides is 1. The number of hydrogen-bond donors (Lipinski definition) is 3. The second-order valence-electron chi connectivity index (χ2n) is 8.64. The first-order chi connectivity index (χ1) is 16.5. The van der Waals surface area contributed by atoms with E-state index < -0.39 is 5.92 Å². The first-order valence-corrected chi connectivity index (χ1v) is 12.8. The molecule has 6 rings (SSSR count). The molecule has 1 unspecified atom stereocenters. The zero-order valence-corrected chi connectivity index (χ0v) is 20.8. The van der Waals surface area contributed by atoms with Crippen molar-refractivity contribution in [1.29, 1.82) is 0 Å². The molecule has 6 nitrogen and oxygen atoms in total. The third-order valence-corrected chi connectivity index (χ3v) is 7.95. The van der Waals surface area contributed by atoms with Crippen molar-refractivity contribution in [2.75, 3.05) is 5.32 Å². The number of rotatable bonds is 3. The molecule has 34 heavy (non-hydrogen) atoms. The van der Waals surface area contributed by atoms with Crippen LogP contribution >= 0.6 is 27.3 Å². The molecule has 0 bridgehead atoms. The van der Waals surface area contributed by atoms with E-state index in [1.165, 1.54) is 11.3 Å². The predicted octanol–water partition coefficient (Wildman–Crippen LogP) is 6.15. The van der Waals surface area contributed by atoms with Crippen molar-refractivity contribution in [3.05, 3.63) is 81.2 Å². The normalized spacial score (nSPS) is 18.4. The van der Waals surface area contributed by atoms with E-state index in [0.717, 1.165) is 55.4 Å². The minimum Gasteiger partial charge on any atom is -0.362 e. The highest BCUT2D eigenvalue weighted by molar-refractivity contribution is 9.10. The lowest BCUT2D eigenvalue weighted by atomic mass is 9.75. The van der Waals surface area contributed by atoms with Crippen LogP contribution in [0.3, 0.4) is 0 Å². The Balaban J connectivity index is 1.45. The van der Waals surface area contributed by atoms with Crippen molar-refractivity contribution in [3.63, 3.8) is 0 Å². The number of carbonyl (C=O) groups excluding carboxylic acids is 2. The molecule has 170 valence electrons. The van der Waals surface area contributed by atoms with Gasteiger partial charge in [0.2, 0.25) is 0 Å². The zero-order valence-electron chi connectivity index (χ0n) is 18.4. The number of H-pyrrole nitrogens is 1. The van der Waals surface area contributed by atoms with E-state index >= 15 is 0 Å². The number of benzene rings is 2. The summed E-state index contributed by atoms with van der Waals surface area (Å²) in [5.74, 6) is -0.585. The summed E-state index contributed by atoms with van der Waals surface area (Å²) < 4.78 is 1.95. The number of para-hydroxylation sites is 1. The second kappa shape index (κ2) is 8.21. The molecular weight excluding hydrogens is 512 g/mol. The molecule has 2 aliphatic rings. The van der Waals surface area contributed by atoms with E-state index in [0.29, 0.717) is 22.7 Å². The lowest BCUT2D eigenvalue weighted by molar-refractivity contribution is -0.116. The molecule has 0 radical (unpaired) electrons. The molecule has 0 spiro atoms. The third-order valence-electron chi connectivity index (χ3n) is 6.52. The summed E-state index contributed by atoms with van der Waals surface area (Å²) in [6, 6.07) is 13.8. The van der Waals surface area contributed by atoms with Crippen molar-refractivity contribution in [3.8, 4) is 0 Å². The summed E-state index contributed by atoms with van der Waals surface area (Å²) in [7, 11) is 0. The maximum absolute atomic E-state index is 13.7. The monoisotopic (exact) mass is 532 g/mol. The summed E-state index contributed by atoms with van der Waals surface area (Å²) in [4.78, 5) is 34.8. The van der Waals surface area contributed by atoms with E-state index in [-0.39, 0.29) is 11.7 Å². The number of nitrogens with one attached hydrogen (secondary N) is 3. The van der Waals surface area contributed by atoms with Crippen LogP contribution in [0.1, 0.15) is 37.7 Å². The van der Waals surface area contributed by atoms with Crippen molar-refractivity contribution in [1.82, 2.24) is 15.3 Å². The van der Waals surface area contributed by atoms with Crippen LogP contribution in [-0.4, -0.2) is 21.7 Å². The summed E-state index contributed by atoms with van der Waals surface area (Å²) in [6.45, 7) is 1.91. The number of dihydropyridines is 1. The van der Waals surface area contributed by atoms with Gasteiger partial charge in [0.15, 0.2) is 10.9 Å². The molecule has 1 atom stereocenters. The quantitative estimate of drug-likeness (QED) is 0.295. The molecule has 0 saturated heterocycles. The number of nitrogens with zero attached hydrogens (tertiary/aromatic N) is 1. The molecule has 1 aliphatic heterocycles. The van der Waals surface area contributed by atoms with Crippen LogP contribution in [-0.2, 0) is 9.59 Å². The maximum Gasteiger partial charge on any atom is 0.256 e. The average Bonchev–Trinajstić information content (AvgIpc) is 3.41. The number of allylic oxidation sites excluding steroid dienone is 3. The highest BCUT2D eigenvalue weighted by Gasteiger charge is 2.39. The Morgan fingerprint density at radius 1 is 1.21 bits per heavy atom. The number of ketones is 1. The van der Waals surface area contributed by atoms with E-state index in [1.807, 2.05) is 55.6 Å². The van der Waals surface area contributed by atoms with Crippen LogP contribution in [0.5, 0.6) is 0 Å². The Bertz CT molecular complexity index is 1560. The Labute approximate surface area is 208 Å². The summed E-state index contributed by atoms with van der Waals surface area (Å²) in [6.07, 6.45) is 4.06. The second-order valence-corrected chi connectivity index (χ2v) is 10.6. The molecule has 0 saturated carbocycles. The van der Waals surface area contributed by atoms with Crippen molar-refractivity contribution >= 4 is 65.2 Å². The van der Waals surface area contributed by atoms with Gasteiger partial charge >= 0.3 is 0 Å². The minimum atomic E-state index is -0.441. The minimum absolute atomic E-state index is 0.103. The van der Waals surface area contributed by atoms with Crippen LogP contribution < -0.4 is 10.6 Å². The Hall–Kier alpha value is -3.23. The zero-order chi connectivity index (χ0) is 23.4. The van der Waals surface area contributed by atoms with Gasteiger partial charge in [-0.1, -0.05) is 45.5 Å². The Morgan fingerprint density at radius 2 is 2.06 bits per heavy atom. The molecule has 2 aromatic carbocycles. The Kier molecular flexibility index (Phi) is 5.15. The smallest absolute Gasteiger partial charge is 0.256 e. The number of carbonyl (C=O) groups is 2. The van der Waals surface area contributed by atoms with Crippen molar-refractivity contribution in [2.45, 2.75) is 32.1 Å². The lowest BCUT2D eigenvalue weighted by Gasteiger charge is -2.34. The van der Waals surface area contributed by atoms with Gasteiger partial charge in [-0.25, -0.2) is 4.98 Å². The van der Waals surface area contributed by atoms with E-state index in [2.05, 4.69) is 36.5 Å². The number of aromatic nitrogens is 2. The molecule has 0 fully saturated rings. The van der Waals surface area contributed by atoms with Gasteiger partial charge in [-0.2, -0.15) is 0 Å². The van der Waals surface area contributed by atoms with E-state index in [1.54, 1.807) is 0 Å². The average molecular weight is 533 g/mol. The van der Waals surface area contributed by atoms with Gasteiger partial charge in [0.1, 0.15) is 0 Å². The summed E-state index contributed by atoms with van der Waals surface area (Å²) >= 11 is 4.91. The number of thiazole rings is 1. The fraction of sp³-hybridized carbons (Fsp3) is 0.192. The number of aromatic amines is 1. The molecule has 2 aromatic heterocycles. The van der Waals surface area contributed by atoms with Gasteiger partial charge in [-0.15, -0.1) is 0 Å². The van der Waals surface area contributed by atoms with Crippen LogP contribution in [0.15, 0.2) is 75.7 Å². The summed E-state index contributed by atoms with van der Waals surface area (Å²) in [5, 5.41) is 7.95. The van der Waals surface area contributed by atoms with Crippen LogP contribution in [0.25, 0.3) is 21.1 Å². The SMILES string of the molecule is CC1=C(C(=O)Nc2nc3ccc(Br)cc3s2)C(c2c[nH]c3ccccc23)C2=C(CCCC2=O)N1. The van der Waals surface area contributed by atoms with Gasteiger partial charge < -0.3 is 10.3 Å². The van der Waals surface area contributed by atoms with Crippen LogP contribution in [0, 0.1) is 0 Å². The van der Waals surface area contributed by atoms with E-state index in [4.69, 9.17) is 0 Å². The number of halogens is 1. The predicted molar refractivity (Wildman–Crippen MR) is 139 cm³/mol. The first kappa shape index (κ1) is 21.3. The number of hydrogen-bond acceptors (Lipinski definition) is 5. The topological polar surface area (TPSA) is 86.9 Å². The van der Waals surface area contributed by atoms with Gasteiger partial charge in [0.25, 0.3) is 5.91 Å². The van der Waals surface area contributed by atoms with Crippen LogP contribution in [0.2, 0.25) is 0 Å². The first-order valence-electron chi connectivity index (χ1n) is 11.2. The molecule has 8 heteroatoms. The van der Waals surface area contributed by atoms with Gasteiger partial charge in [0.05, 0.1) is 10.2 Å². The lowest BCUT2D eigenvalue weighted by Crippen LogP contribution is -2.35. The largest absolute Gasteiger partial charge is 0.362 e. The molecule has 3 heterocycles. The highest BCUT2D eigenvalue weighted by Crippen LogP contribution is 2.44. The van der Waals surface area contributed by atoms with Gasteiger partial charge in [-0.05, 0) is 49.6 Å². The number of Topliss-reactive ketones (excluding diaryl/α,β-unsaturated/α-hetero) is 1. The Morgan fingerprint density at radius 3 is 2.94 bits per heavy atom. The molecule has 3 N–H and O–H groups in total. The molecule has 4 aromatic rings. The third kappa shape index (κ3) is 3.49.